The van der Waals surface area contributed by atoms with Crippen LogP contribution in [0.25, 0.3) is 0 Å². The summed E-state index contributed by atoms with van der Waals surface area (Å²) in [6.45, 7) is 2.24. The van der Waals surface area contributed by atoms with Crippen molar-refractivity contribution in [3.63, 3.8) is 0 Å². The maximum atomic E-state index is 13.2. The van der Waals surface area contributed by atoms with Gasteiger partial charge < -0.3 is 10.2 Å². The van der Waals surface area contributed by atoms with Crippen molar-refractivity contribution in [2.75, 3.05) is 32.1 Å². The number of likely N-dealkylation sites (N-methyl/N-ethyl adjacent to an activating group) is 1. The van der Waals surface area contributed by atoms with Crippen molar-refractivity contribution in [1.29, 1.82) is 0 Å². The lowest BCUT2D eigenvalue weighted by Crippen LogP contribution is -2.46. The van der Waals surface area contributed by atoms with E-state index in [1.807, 2.05) is 44.1 Å². The molecule has 1 aliphatic heterocycles. The first-order chi connectivity index (χ1) is 14.0. The topological polar surface area (TPSA) is 83.5 Å². The Labute approximate surface area is 184 Å². The van der Waals surface area contributed by atoms with Crippen LogP contribution in [-0.4, -0.2) is 65.2 Å². The molecule has 6 nitrogen and oxygen atoms in total. The minimum absolute atomic E-state index is 0.135. The third kappa shape index (κ3) is 5.06. The van der Waals surface area contributed by atoms with Gasteiger partial charge in [-0.2, -0.15) is 0 Å². The first-order valence-electron chi connectivity index (χ1n) is 9.66. The summed E-state index contributed by atoms with van der Waals surface area (Å²) in [5, 5.41) is 2.81. The van der Waals surface area contributed by atoms with E-state index in [0.717, 1.165) is 11.1 Å². The summed E-state index contributed by atoms with van der Waals surface area (Å²) in [6.07, 6.45) is 0. The molecule has 0 amide bonds. The highest BCUT2D eigenvalue weighted by Gasteiger charge is 2.45. The van der Waals surface area contributed by atoms with E-state index in [1.165, 1.54) is 0 Å². The Morgan fingerprint density at radius 2 is 1.73 bits per heavy atom. The second kappa shape index (κ2) is 8.96. The smallest absolute Gasteiger partial charge is 0.183 e. The fourth-order valence-corrected chi connectivity index (χ4v) is 8.77. The molecule has 1 fully saturated rings. The second-order valence-electron chi connectivity index (χ2n) is 7.99. The van der Waals surface area contributed by atoms with Crippen LogP contribution in [0.1, 0.15) is 17.2 Å². The van der Waals surface area contributed by atoms with Crippen molar-refractivity contribution in [2.45, 2.75) is 29.2 Å². The van der Waals surface area contributed by atoms with Gasteiger partial charge in [-0.05, 0) is 44.8 Å². The highest BCUT2D eigenvalue weighted by molar-refractivity contribution is 7.96. The van der Waals surface area contributed by atoms with Gasteiger partial charge in [0.25, 0.3) is 0 Å². The van der Waals surface area contributed by atoms with Crippen LogP contribution in [0.15, 0.2) is 53.4 Å². The van der Waals surface area contributed by atoms with Crippen molar-refractivity contribution < 1.29 is 16.8 Å². The molecule has 0 radical (unpaired) electrons. The molecular weight excluding hydrogens is 444 g/mol. The van der Waals surface area contributed by atoms with E-state index in [2.05, 4.69) is 5.32 Å². The predicted octanol–water partition coefficient (Wildman–Crippen LogP) is 2.48. The molecule has 3 rings (SSSR count). The lowest BCUT2D eigenvalue weighted by atomic mass is 10.1. The van der Waals surface area contributed by atoms with Crippen LogP contribution >= 0.6 is 11.6 Å². The van der Waals surface area contributed by atoms with E-state index in [0.29, 0.717) is 11.6 Å². The number of sulfone groups is 2. The van der Waals surface area contributed by atoms with Crippen molar-refractivity contribution in [1.82, 2.24) is 10.2 Å². The van der Waals surface area contributed by atoms with Crippen LogP contribution in [0.5, 0.6) is 0 Å². The zero-order valence-electron chi connectivity index (χ0n) is 17.2. The monoisotopic (exact) mass is 470 g/mol. The van der Waals surface area contributed by atoms with Gasteiger partial charge in [0.05, 0.1) is 21.7 Å². The molecule has 0 aromatic heterocycles. The maximum Gasteiger partial charge on any atom is 0.183 e. The first kappa shape index (κ1) is 23.2. The van der Waals surface area contributed by atoms with E-state index in [-0.39, 0.29) is 22.4 Å². The Balaban J connectivity index is 1.86. The number of halogens is 1. The fraction of sp³-hybridized carbons (Fsp3) is 0.429. The maximum absolute atomic E-state index is 13.2. The number of hydrogen-bond donors (Lipinski definition) is 1. The van der Waals surface area contributed by atoms with Crippen LogP contribution in [0.4, 0.5) is 0 Å². The SMILES string of the molecule is Cc1ccc(S(=O)(=O)[C@H]2CS(=O)(=O)C[C@@H]2NCC(c2ccccc2Cl)N(C)C)cc1. The van der Waals surface area contributed by atoms with E-state index in [1.54, 1.807) is 30.3 Å². The molecular formula is C21H27ClN2O4S2. The second-order valence-corrected chi connectivity index (χ2v) is 12.7. The number of hydrogen-bond acceptors (Lipinski definition) is 6. The van der Waals surface area contributed by atoms with Crippen LogP contribution in [0.3, 0.4) is 0 Å². The molecule has 1 N–H and O–H groups in total. The summed E-state index contributed by atoms with van der Waals surface area (Å²) >= 11 is 6.35. The van der Waals surface area contributed by atoms with E-state index < -0.39 is 31.0 Å². The molecule has 1 heterocycles. The third-order valence-corrected chi connectivity index (χ3v) is 10.0. The molecule has 2 aromatic carbocycles. The zero-order valence-corrected chi connectivity index (χ0v) is 19.6. The van der Waals surface area contributed by atoms with Crippen molar-refractivity contribution in [2.24, 2.45) is 0 Å². The fourth-order valence-electron chi connectivity index (χ4n) is 3.79. The molecule has 1 unspecified atom stereocenters. The van der Waals surface area contributed by atoms with Gasteiger partial charge in [0.15, 0.2) is 19.7 Å². The Morgan fingerprint density at radius 3 is 2.33 bits per heavy atom. The van der Waals surface area contributed by atoms with Crippen molar-refractivity contribution in [3.05, 3.63) is 64.7 Å². The van der Waals surface area contributed by atoms with Crippen LogP contribution < -0.4 is 5.32 Å². The summed E-state index contributed by atoms with van der Waals surface area (Å²) in [6, 6.07) is 13.2. The number of aryl methyl sites for hydroxylation is 1. The molecule has 1 aliphatic rings. The molecule has 0 bridgehead atoms. The molecule has 2 aromatic rings. The molecule has 0 aliphatic carbocycles. The van der Waals surface area contributed by atoms with Crippen LogP contribution in [-0.2, 0) is 19.7 Å². The molecule has 9 heteroatoms. The van der Waals surface area contributed by atoms with E-state index >= 15 is 0 Å². The molecule has 30 heavy (non-hydrogen) atoms. The van der Waals surface area contributed by atoms with E-state index in [4.69, 9.17) is 11.6 Å². The third-order valence-electron chi connectivity index (χ3n) is 5.51. The molecule has 1 saturated heterocycles. The van der Waals surface area contributed by atoms with Gasteiger partial charge in [-0.25, -0.2) is 16.8 Å². The largest absolute Gasteiger partial charge is 0.310 e. The summed E-state index contributed by atoms with van der Waals surface area (Å²) in [7, 11) is -3.46. The number of rotatable bonds is 7. The van der Waals surface area contributed by atoms with Crippen LogP contribution in [0.2, 0.25) is 5.02 Å². The Bertz CT molecular complexity index is 1100. The summed E-state index contributed by atoms with van der Waals surface area (Å²) < 4.78 is 51.1. The van der Waals surface area contributed by atoms with Gasteiger partial charge in [-0.3, -0.25) is 0 Å². The van der Waals surface area contributed by atoms with Crippen molar-refractivity contribution >= 4 is 31.3 Å². The van der Waals surface area contributed by atoms with Gasteiger partial charge >= 0.3 is 0 Å². The summed E-state index contributed by atoms with van der Waals surface area (Å²) in [4.78, 5) is 2.12. The van der Waals surface area contributed by atoms with Gasteiger partial charge in [0, 0.05) is 23.7 Å². The average molecular weight is 471 g/mol. The summed E-state index contributed by atoms with van der Waals surface area (Å²) in [5.41, 5.74) is 1.84. The minimum Gasteiger partial charge on any atom is -0.310 e. The van der Waals surface area contributed by atoms with Gasteiger partial charge in [0.1, 0.15) is 0 Å². The molecule has 0 spiro atoms. The quantitative estimate of drug-likeness (QED) is 0.669. The predicted molar refractivity (Wildman–Crippen MR) is 120 cm³/mol. The molecule has 0 saturated carbocycles. The number of nitrogens with zero attached hydrogens (tertiary/aromatic N) is 1. The van der Waals surface area contributed by atoms with Crippen LogP contribution in [0, 0.1) is 6.92 Å². The summed E-state index contributed by atoms with van der Waals surface area (Å²) in [5.74, 6) is -0.578. The van der Waals surface area contributed by atoms with Gasteiger partial charge in [-0.15, -0.1) is 0 Å². The molecule has 3 atom stereocenters. The lowest BCUT2D eigenvalue weighted by Gasteiger charge is -2.28. The Kier molecular flexibility index (Phi) is 6.94. The lowest BCUT2D eigenvalue weighted by molar-refractivity contribution is 0.282. The highest BCUT2D eigenvalue weighted by atomic mass is 35.5. The zero-order chi connectivity index (χ0) is 22.1. The molecule has 164 valence electrons. The highest BCUT2D eigenvalue weighted by Crippen LogP contribution is 2.29. The van der Waals surface area contributed by atoms with Gasteiger partial charge in [-0.1, -0.05) is 47.5 Å². The normalized spacial score (nSPS) is 22.3. The minimum atomic E-state index is -3.80. The number of nitrogens with one attached hydrogen (secondary N) is 1. The average Bonchev–Trinajstić information content (AvgIpc) is 2.99. The standard InChI is InChI=1S/C21H27ClN2O4S2/c1-15-8-10-16(11-9-15)30(27,28)21-14-29(25,26)13-19(21)23-12-20(24(2)3)17-6-4-5-7-18(17)22/h4-11,19-21,23H,12-14H2,1-3H3/t19-,20?,21-/m0/s1. The van der Waals surface area contributed by atoms with Crippen molar-refractivity contribution in [3.8, 4) is 0 Å². The first-order valence-corrected chi connectivity index (χ1v) is 13.4. The van der Waals surface area contributed by atoms with E-state index in [9.17, 15) is 16.8 Å². The van der Waals surface area contributed by atoms with Gasteiger partial charge in [0.2, 0.25) is 0 Å². The Morgan fingerprint density at radius 1 is 1.10 bits per heavy atom. The number of benzene rings is 2. The Hall–Kier alpha value is -1.45.